The standard InChI is InChI=1S/C14H16N4O2/c1-9-15-16-13(17(9)2)8-18-6-11-4-3-10(14(19)20)5-12(11)7-18/h3-5H,6-8H2,1-2H3,(H,19,20). The van der Waals surface area contributed by atoms with E-state index in [9.17, 15) is 4.79 Å². The Labute approximate surface area is 116 Å². The summed E-state index contributed by atoms with van der Waals surface area (Å²) in [5.74, 6) is 0.939. The van der Waals surface area contributed by atoms with Crippen LogP contribution in [-0.2, 0) is 26.7 Å². The fourth-order valence-corrected chi connectivity index (χ4v) is 2.50. The van der Waals surface area contributed by atoms with Crippen LogP contribution in [0.15, 0.2) is 18.2 Å². The van der Waals surface area contributed by atoms with Crippen LogP contribution in [0.3, 0.4) is 0 Å². The van der Waals surface area contributed by atoms with Crippen LogP contribution in [0.25, 0.3) is 0 Å². The van der Waals surface area contributed by atoms with E-state index in [1.54, 1.807) is 12.1 Å². The maximum absolute atomic E-state index is 11.0. The third kappa shape index (κ3) is 2.18. The molecule has 6 nitrogen and oxygen atoms in total. The van der Waals surface area contributed by atoms with Crippen LogP contribution in [0.5, 0.6) is 0 Å². The molecule has 0 saturated heterocycles. The summed E-state index contributed by atoms with van der Waals surface area (Å²) in [6, 6.07) is 5.33. The molecular weight excluding hydrogens is 256 g/mol. The molecule has 0 unspecified atom stereocenters. The minimum atomic E-state index is -0.879. The summed E-state index contributed by atoms with van der Waals surface area (Å²) >= 11 is 0. The highest BCUT2D eigenvalue weighted by atomic mass is 16.4. The molecule has 6 heteroatoms. The number of rotatable bonds is 3. The molecule has 104 valence electrons. The summed E-state index contributed by atoms with van der Waals surface area (Å²) in [5, 5.41) is 17.2. The summed E-state index contributed by atoms with van der Waals surface area (Å²) < 4.78 is 1.98. The van der Waals surface area contributed by atoms with Crippen molar-refractivity contribution in [1.29, 1.82) is 0 Å². The summed E-state index contributed by atoms with van der Waals surface area (Å²) in [7, 11) is 1.95. The number of fused-ring (bicyclic) bond motifs is 1. The molecule has 1 aromatic heterocycles. The number of nitrogens with zero attached hydrogens (tertiary/aromatic N) is 4. The zero-order chi connectivity index (χ0) is 14.3. The summed E-state index contributed by atoms with van der Waals surface area (Å²) in [5.41, 5.74) is 2.62. The first kappa shape index (κ1) is 12.8. The first-order valence-corrected chi connectivity index (χ1v) is 6.47. The van der Waals surface area contributed by atoms with Crippen molar-refractivity contribution in [2.45, 2.75) is 26.6 Å². The first-order valence-electron chi connectivity index (χ1n) is 6.47. The van der Waals surface area contributed by atoms with E-state index >= 15 is 0 Å². The molecule has 1 aliphatic heterocycles. The van der Waals surface area contributed by atoms with Gasteiger partial charge in [-0.05, 0) is 30.2 Å². The lowest BCUT2D eigenvalue weighted by Crippen LogP contribution is -2.18. The number of carboxylic acids is 1. The van der Waals surface area contributed by atoms with Crippen LogP contribution >= 0.6 is 0 Å². The van der Waals surface area contributed by atoms with Crippen molar-refractivity contribution < 1.29 is 9.90 Å². The number of aromatic nitrogens is 3. The molecule has 0 amide bonds. The van der Waals surface area contributed by atoms with Crippen molar-refractivity contribution in [1.82, 2.24) is 19.7 Å². The zero-order valence-corrected chi connectivity index (χ0v) is 11.5. The summed E-state index contributed by atoms with van der Waals surface area (Å²) in [4.78, 5) is 13.2. The van der Waals surface area contributed by atoms with Gasteiger partial charge in [-0.3, -0.25) is 4.90 Å². The van der Waals surface area contributed by atoms with Crippen molar-refractivity contribution >= 4 is 5.97 Å². The number of hydrogen-bond acceptors (Lipinski definition) is 4. The second-order valence-corrected chi connectivity index (χ2v) is 5.16. The molecule has 2 aromatic rings. The number of benzene rings is 1. The van der Waals surface area contributed by atoms with E-state index in [4.69, 9.17) is 5.11 Å². The van der Waals surface area contributed by atoms with Crippen LogP contribution in [0.4, 0.5) is 0 Å². The molecule has 0 spiro atoms. The highest BCUT2D eigenvalue weighted by Gasteiger charge is 2.21. The average molecular weight is 272 g/mol. The Morgan fingerprint density at radius 2 is 2.05 bits per heavy atom. The molecule has 0 atom stereocenters. The van der Waals surface area contributed by atoms with E-state index in [0.29, 0.717) is 12.1 Å². The van der Waals surface area contributed by atoms with Crippen LogP contribution < -0.4 is 0 Å². The van der Waals surface area contributed by atoms with E-state index in [1.165, 1.54) is 5.56 Å². The number of carbonyl (C=O) groups is 1. The molecule has 0 bridgehead atoms. The highest BCUT2D eigenvalue weighted by Crippen LogP contribution is 2.25. The Kier molecular flexibility index (Phi) is 3.02. The molecule has 20 heavy (non-hydrogen) atoms. The van der Waals surface area contributed by atoms with Crippen LogP contribution in [0.1, 0.15) is 33.1 Å². The number of aromatic carboxylic acids is 1. The molecule has 1 N–H and O–H groups in total. The van der Waals surface area contributed by atoms with Gasteiger partial charge in [0.05, 0.1) is 12.1 Å². The third-order valence-corrected chi connectivity index (χ3v) is 3.79. The van der Waals surface area contributed by atoms with E-state index in [0.717, 1.165) is 30.3 Å². The van der Waals surface area contributed by atoms with Gasteiger partial charge in [0.1, 0.15) is 11.6 Å². The van der Waals surface area contributed by atoms with Gasteiger partial charge in [0, 0.05) is 20.1 Å². The van der Waals surface area contributed by atoms with Gasteiger partial charge in [-0.1, -0.05) is 6.07 Å². The molecule has 0 aliphatic carbocycles. The highest BCUT2D eigenvalue weighted by molar-refractivity contribution is 5.87. The second-order valence-electron chi connectivity index (χ2n) is 5.16. The van der Waals surface area contributed by atoms with Gasteiger partial charge in [-0.15, -0.1) is 10.2 Å². The Balaban J connectivity index is 1.77. The van der Waals surface area contributed by atoms with Crippen molar-refractivity contribution in [3.63, 3.8) is 0 Å². The molecule has 1 aliphatic rings. The number of hydrogen-bond donors (Lipinski definition) is 1. The maximum Gasteiger partial charge on any atom is 0.335 e. The smallest absolute Gasteiger partial charge is 0.335 e. The van der Waals surface area contributed by atoms with Crippen molar-refractivity contribution in [2.75, 3.05) is 0 Å². The maximum atomic E-state index is 11.0. The average Bonchev–Trinajstić information content (AvgIpc) is 2.95. The summed E-state index contributed by atoms with van der Waals surface area (Å²) in [6.07, 6.45) is 0. The van der Waals surface area contributed by atoms with Crippen LogP contribution in [-0.4, -0.2) is 30.7 Å². The quantitative estimate of drug-likeness (QED) is 0.913. The lowest BCUT2D eigenvalue weighted by atomic mass is 10.1. The lowest BCUT2D eigenvalue weighted by molar-refractivity contribution is 0.0696. The number of aryl methyl sites for hydroxylation is 1. The normalized spacial score (nSPS) is 14.5. The van der Waals surface area contributed by atoms with E-state index in [-0.39, 0.29) is 0 Å². The van der Waals surface area contributed by atoms with Gasteiger partial charge in [0.2, 0.25) is 0 Å². The van der Waals surface area contributed by atoms with Crippen molar-refractivity contribution in [2.24, 2.45) is 7.05 Å². The fraction of sp³-hybridized carbons (Fsp3) is 0.357. The topological polar surface area (TPSA) is 71.2 Å². The van der Waals surface area contributed by atoms with Gasteiger partial charge < -0.3 is 9.67 Å². The van der Waals surface area contributed by atoms with Gasteiger partial charge in [0.25, 0.3) is 0 Å². The molecule has 2 heterocycles. The van der Waals surface area contributed by atoms with Crippen LogP contribution in [0.2, 0.25) is 0 Å². The Morgan fingerprint density at radius 3 is 2.70 bits per heavy atom. The Bertz CT molecular complexity index is 678. The van der Waals surface area contributed by atoms with Gasteiger partial charge in [0.15, 0.2) is 0 Å². The summed E-state index contributed by atoms with van der Waals surface area (Å²) in [6.45, 7) is 4.21. The molecular formula is C14H16N4O2. The Hall–Kier alpha value is -2.21. The predicted octanol–water partition coefficient (Wildman–Crippen LogP) is 1.34. The molecule has 3 rings (SSSR count). The van der Waals surface area contributed by atoms with Crippen molar-refractivity contribution in [3.05, 3.63) is 46.5 Å². The third-order valence-electron chi connectivity index (χ3n) is 3.79. The van der Waals surface area contributed by atoms with Crippen LogP contribution in [0, 0.1) is 6.92 Å². The Morgan fingerprint density at radius 1 is 1.30 bits per heavy atom. The lowest BCUT2D eigenvalue weighted by Gasteiger charge is -2.13. The first-order chi connectivity index (χ1) is 9.54. The van der Waals surface area contributed by atoms with Crippen molar-refractivity contribution in [3.8, 4) is 0 Å². The largest absolute Gasteiger partial charge is 0.478 e. The fourth-order valence-electron chi connectivity index (χ4n) is 2.50. The number of carboxylic acid groups (broad SMARTS) is 1. The molecule has 0 fully saturated rings. The predicted molar refractivity (Wildman–Crippen MR) is 72.1 cm³/mol. The van der Waals surface area contributed by atoms with Gasteiger partial charge in [-0.25, -0.2) is 4.79 Å². The molecule has 1 aromatic carbocycles. The van der Waals surface area contributed by atoms with Gasteiger partial charge in [-0.2, -0.15) is 0 Å². The molecule has 0 radical (unpaired) electrons. The second kappa shape index (κ2) is 4.72. The minimum Gasteiger partial charge on any atom is -0.478 e. The SMILES string of the molecule is Cc1nnc(CN2Cc3ccc(C(=O)O)cc3C2)n1C. The molecule has 0 saturated carbocycles. The van der Waals surface area contributed by atoms with E-state index in [2.05, 4.69) is 15.1 Å². The monoisotopic (exact) mass is 272 g/mol. The van der Waals surface area contributed by atoms with E-state index < -0.39 is 5.97 Å². The van der Waals surface area contributed by atoms with E-state index in [1.807, 2.05) is 24.6 Å². The zero-order valence-electron chi connectivity index (χ0n) is 11.5. The van der Waals surface area contributed by atoms with Gasteiger partial charge >= 0.3 is 5.97 Å². The minimum absolute atomic E-state index is 0.347.